The zero-order valence-electron chi connectivity index (χ0n) is 16.4. The average Bonchev–Trinajstić information content (AvgIpc) is 2.78. The molecule has 1 saturated heterocycles. The molecule has 2 aromatic carbocycles. The smallest absolute Gasteiger partial charge is 0.415 e. The van der Waals surface area contributed by atoms with Crippen LogP contribution >= 0.6 is 0 Å². The van der Waals surface area contributed by atoms with Gasteiger partial charge in [-0.15, -0.1) is 0 Å². The summed E-state index contributed by atoms with van der Waals surface area (Å²) in [5.41, 5.74) is 1.25. The van der Waals surface area contributed by atoms with Crippen molar-refractivity contribution in [3.8, 4) is 17.2 Å². The topological polar surface area (TPSA) is 74.3 Å². The molecule has 0 aliphatic carbocycles. The van der Waals surface area contributed by atoms with Gasteiger partial charge in [-0.3, -0.25) is 4.79 Å². The third kappa shape index (κ3) is 5.36. The van der Waals surface area contributed by atoms with Crippen molar-refractivity contribution in [3.05, 3.63) is 59.7 Å². The molecule has 2 aromatic rings. The third-order valence-corrected chi connectivity index (χ3v) is 4.47. The summed E-state index contributed by atoms with van der Waals surface area (Å²) in [6.45, 7) is 2.03. The van der Waals surface area contributed by atoms with Gasteiger partial charge < -0.3 is 23.8 Å². The van der Waals surface area contributed by atoms with Crippen molar-refractivity contribution in [1.29, 1.82) is 0 Å². The fraction of sp³-hybridized carbons (Fsp3) is 0.273. The Labute approximate surface area is 169 Å². The van der Waals surface area contributed by atoms with Crippen molar-refractivity contribution < 1.29 is 28.5 Å². The minimum atomic E-state index is -0.418. The van der Waals surface area contributed by atoms with Gasteiger partial charge in [0.05, 0.1) is 27.4 Å². The predicted molar refractivity (Wildman–Crippen MR) is 108 cm³/mol. The van der Waals surface area contributed by atoms with Crippen LogP contribution in [0.3, 0.4) is 0 Å². The molecule has 1 aliphatic rings. The maximum Gasteiger partial charge on any atom is 0.415 e. The van der Waals surface area contributed by atoms with E-state index in [1.807, 2.05) is 6.07 Å². The first kappa shape index (κ1) is 20.4. The van der Waals surface area contributed by atoms with E-state index in [9.17, 15) is 9.59 Å². The fourth-order valence-corrected chi connectivity index (χ4v) is 2.82. The van der Waals surface area contributed by atoms with E-state index in [1.165, 1.54) is 6.08 Å². The number of hydrogen-bond acceptors (Lipinski definition) is 6. The maximum absolute atomic E-state index is 12.4. The predicted octanol–water partition coefficient (Wildman–Crippen LogP) is 3.43. The van der Waals surface area contributed by atoms with E-state index in [1.54, 1.807) is 61.6 Å². The fourth-order valence-electron chi connectivity index (χ4n) is 2.82. The number of hydrogen-bond donors (Lipinski definition) is 0. The summed E-state index contributed by atoms with van der Waals surface area (Å²) >= 11 is 0. The number of benzene rings is 2. The van der Waals surface area contributed by atoms with Crippen LogP contribution in [0.1, 0.15) is 15.9 Å². The molecule has 0 radical (unpaired) electrons. The number of amides is 1. The summed E-state index contributed by atoms with van der Waals surface area (Å²) < 4.78 is 21.1. The van der Waals surface area contributed by atoms with E-state index < -0.39 is 6.09 Å². The first-order valence-electron chi connectivity index (χ1n) is 9.19. The summed E-state index contributed by atoms with van der Waals surface area (Å²) in [5.74, 6) is 1.50. The summed E-state index contributed by atoms with van der Waals surface area (Å²) in [6.07, 6.45) is 2.74. The van der Waals surface area contributed by atoms with Crippen molar-refractivity contribution in [2.24, 2.45) is 0 Å². The summed E-state index contributed by atoms with van der Waals surface area (Å²) in [5, 5.41) is 0. The second kappa shape index (κ2) is 9.75. The van der Waals surface area contributed by atoms with Crippen molar-refractivity contribution >= 4 is 18.0 Å². The lowest BCUT2D eigenvalue weighted by Crippen LogP contribution is -2.42. The van der Waals surface area contributed by atoms with E-state index in [0.29, 0.717) is 49.1 Å². The van der Waals surface area contributed by atoms with Gasteiger partial charge in [-0.25, -0.2) is 4.79 Å². The number of nitrogens with zero attached hydrogens (tertiary/aromatic N) is 1. The van der Waals surface area contributed by atoms with Gasteiger partial charge in [0, 0.05) is 30.3 Å². The minimum absolute atomic E-state index is 0.172. The normalized spacial score (nSPS) is 13.9. The molecule has 1 heterocycles. The first-order valence-corrected chi connectivity index (χ1v) is 9.19. The van der Waals surface area contributed by atoms with Gasteiger partial charge in [-0.2, -0.15) is 0 Å². The molecule has 0 saturated carbocycles. The number of carbonyl (C=O) groups is 2. The Balaban J connectivity index is 1.63. The zero-order chi connectivity index (χ0) is 20.6. The second-order valence-electron chi connectivity index (χ2n) is 6.30. The van der Waals surface area contributed by atoms with E-state index in [2.05, 4.69) is 0 Å². The van der Waals surface area contributed by atoms with Crippen LogP contribution in [0.2, 0.25) is 0 Å². The molecule has 0 atom stereocenters. The lowest BCUT2D eigenvalue weighted by Gasteiger charge is -2.25. The molecule has 0 spiro atoms. The zero-order valence-corrected chi connectivity index (χ0v) is 16.4. The van der Waals surface area contributed by atoms with Crippen molar-refractivity contribution in [2.45, 2.75) is 0 Å². The van der Waals surface area contributed by atoms with E-state index in [0.717, 1.165) is 5.56 Å². The van der Waals surface area contributed by atoms with Crippen LogP contribution in [0.15, 0.2) is 48.5 Å². The average molecular weight is 397 g/mol. The quantitative estimate of drug-likeness (QED) is 0.549. The minimum Gasteiger partial charge on any atom is -0.497 e. The molecule has 0 unspecified atom stereocenters. The van der Waals surface area contributed by atoms with Gasteiger partial charge in [-0.1, -0.05) is 0 Å². The molecular weight excluding hydrogens is 374 g/mol. The Hall–Kier alpha value is -3.32. The van der Waals surface area contributed by atoms with Gasteiger partial charge >= 0.3 is 6.09 Å². The van der Waals surface area contributed by atoms with Gasteiger partial charge in [0.25, 0.3) is 0 Å². The van der Waals surface area contributed by atoms with E-state index in [4.69, 9.17) is 18.9 Å². The Morgan fingerprint density at radius 2 is 1.66 bits per heavy atom. The Morgan fingerprint density at radius 1 is 0.966 bits per heavy atom. The third-order valence-electron chi connectivity index (χ3n) is 4.47. The van der Waals surface area contributed by atoms with Crippen molar-refractivity contribution in [2.75, 3.05) is 40.5 Å². The number of carbonyl (C=O) groups excluding carboxylic acids is 2. The highest BCUT2D eigenvalue weighted by Gasteiger charge is 2.18. The molecule has 0 N–H and O–H groups in total. The Kier molecular flexibility index (Phi) is 6.86. The van der Waals surface area contributed by atoms with Gasteiger partial charge in [-0.05, 0) is 48.6 Å². The Bertz CT molecular complexity index is 885. The molecule has 1 amide bonds. The molecule has 0 aromatic heterocycles. The van der Waals surface area contributed by atoms with E-state index >= 15 is 0 Å². The number of ketones is 1. The molecule has 29 heavy (non-hydrogen) atoms. The molecule has 7 nitrogen and oxygen atoms in total. The van der Waals surface area contributed by atoms with Crippen molar-refractivity contribution in [3.63, 3.8) is 0 Å². The number of morpholine rings is 1. The first-order chi connectivity index (χ1) is 14.1. The van der Waals surface area contributed by atoms with E-state index in [-0.39, 0.29) is 5.78 Å². The summed E-state index contributed by atoms with van der Waals surface area (Å²) in [4.78, 5) is 26.1. The number of ether oxygens (including phenoxy) is 4. The SMILES string of the molecule is COc1ccc(C=CC(=O)c2ccc(OC(=O)N3CCOCC3)cc2)c(OC)c1. The van der Waals surface area contributed by atoms with Crippen LogP contribution in [-0.2, 0) is 4.74 Å². The van der Waals surface area contributed by atoms with Crippen LogP contribution < -0.4 is 14.2 Å². The summed E-state index contributed by atoms with van der Waals surface area (Å²) in [7, 11) is 3.14. The van der Waals surface area contributed by atoms with Gasteiger partial charge in [0.15, 0.2) is 5.78 Å². The Morgan fingerprint density at radius 3 is 2.31 bits per heavy atom. The molecule has 7 heteroatoms. The van der Waals surface area contributed by atoms with Gasteiger partial charge in [0.1, 0.15) is 17.2 Å². The van der Waals surface area contributed by atoms with Crippen LogP contribution in [0, 0.1) is 0 Å². The molecule has 152 valence electrons. The highest BCUT2D eigenvalue weighted by Crippen LogP contribution is 2.25. The maximum atomic E-state index is 12.4. The number of rotatable bonds is 6. The van der Waals surface area contributed by atoms with Crippen LogP contribution in [0.5, 0.6) is 17.2 Å². The molecular formula is C22H23NO6. The van der Waals surface area contributed by atoms with Gasteiger partial charge in [0.2, 0.25) is 0 Å². The largest absolute Gasteiger partial charge is 0.497 e. The van der Waals surface area contributed by atoms with Crippen LogP contribution in [-0.4, -0.2) is 57.3 Å². The molecule has 3 rings (SSSR count). The van der Waals surface area contributed by atoms with Crippen LogP contribution in [0.25, 0.3) is 6.08 Å². The lowest BCUT2D eigenvalue weighted by molar-refractivity contribution is 0.0416. The second-order valence-corrected chi connectivity index (χ2v) is 6.30. The summed E-state index contributed by atoms with van der Waals surface area (Å²) in [6, 6.07) is 11.8. The van der Waals surface area contributed by atoms with Crippen molar-refractivity contribution in [1.82, 2.24) is 4.90 Å². The lowest BCUT2D eigenvalue weighted by atomic mass is 10.1. The monoisotopic (exact) mass is 397 g/mol. The number of methoxy groups -OCH3 is 2. The highest BCUT2D eigenvalue weighted by molar-refractivity contribution is 6.07. The highest BCUT2D eigenvalue weighted by atomic mass is 16.6. The molecule has 1 fully saturated rings. The molecule has 0 bridgehead atoms. The standard InChI is InChI=1S/C22H23NO6/c1-26-19-9-5-17(21(15-19)27-2)6-10-20(24)16-3-7-18(8-4-16)29-22(25)23-11-13-28-14-12-23/h3-10,15H,11-14H2,1-2H3. The van der Waals surface area contributed by atoms with Crippen LogP contribution in [0.4, 0.5) is 4.79 Å². The number of allylic oxidation sites excluding steroid dienone is 1. The molecule has 1 aliphatic heterocycles.